The van der Waals surface area contributed by atoms with Crippen LogP contribution in [0, 0.1) is 11.8 Å². The quantitative estimate of drug-likeness (QED) is 0.487. The van der Waals surface area contributed by atoms with E-state index >= 15 is 0 Å². The Morgan fingerprint density at radius 2 is 1.64 bits per heavy atom. The molecule has 1 aliphatic heterocycles. The van der Waals surface area contributed by atoms with Gasteiger partial charge in [0.1, 0.15) is 5.78 Å². The standard InChI is InChI=1S/C9H12O2/c10-7-1-5-3-8-9(11-8)4-6(5)2-7/h5-6,8-9H,1-4H2. The van der Waals surface area contributed by atoms with E-state index in [4.69, 9.17) is 4.74 Å². The van der Waals surface area contributed by atoms with Gasteiger partial charge in [0.2, 0.25) is 0 Å². The van der Waals surface area contributed by atoms with E-state index in [2.05, 4.69) is 0 Å². The van der Waals surface area contributed by atoms with Crippen molar-refractivity contribution >= 4 is 5.78 Å². The van der Waals surface area contributed by atoms with E-state index in [1.807, 2.05) is 0 Å². The Morgan fingerprint density at radius 3 is 2.18 bits per heavy atom. The van der Waals surface area contributed by atoms with Crippen molar-refractivity contribution in [1.29, 1.82) is 0 Å². The van der Waals surface area contributed by atoms with Crippen LogP contribution in [0.4, 0.5) is 0 Å². The minimum atomic E-state index is 0.487. The Hall–Kier alpha value is -0.370. The summed E-state index contributed by atoms with van der Waals surface area (Å²) < 4.78 is 5.44. The van der Waals surface area contributed by atoms with Gasteiger partial charge in [-0.15, -0.1) is 0 Å². The highest BCUT2D eigenvalue weighted by Crippen LogP contribution is 2.48. The third kappa shape index (κ3) is 0.853. The molecule has 3 aliphatic rings. The van der Waals surface area contributed by atoms with Crippen LogP contribution in [0.25, 0.3) is 0 Å². The number of hydrogen-bond donors (Lipinski definition) is 0. The zero-order valence-corrected chi connectivity index (χ0v) is 6.45. The second-order valence-corrected chi connectivity index (χ2v) is 4.15. The molecule has 2 heteroatoms. The van der Waals surface area contributed by atoms with E-state index in [9.17, 15) is 4.79 Å². The van der Waals surface area contributed by atoms with Crippen LogP contribution in [-0.2, 0) is 9.53 Å². The van der Waals surface area contributed by atoms with Crippen LogP contribution in [0.1, 0.15) is 25.7 Å². The molecule has 4 unspecified atom stereocenters. The number of rotatable bonds is 0. The zero-order valence-electron chi connectivity index (χ0n) is 6.45. The maximum atomic E-state index is 11.1. The number of ether oxygens (including phenoxy) is 1. The zero-order chi connectivity index (χ0) is 7.42. The van der Waals surface area contributed by atoms with E-state index in [0.717, 1.165) is 12.8 Å². The van der Waals surface area contributed by atoms with Gasteiger partial charge in [0.25, 0.3) is 0 Å². The summed E-state index contributed by atoms with van der Waals surface area (Å²) in [6.07, 6.45) is 5.11. The Bertz CT molecular complexity index is 192. The highest BCUT2D eigenvalue weighted by atomic mass is 16.6. The molecule has 0 amide bonds. The molecule has 0 aromatic carbocycles. The van der Waals surface area contributed by atoms with Gasteiger partial charge in [-0.3, -0.25) is 4.79 Å². The Kier molecular flexibility index (Phi) is 1.05. The monoisotopic (exact) mass is 152 g/mol. The molecule has 0 aromatic rings. The topological polar surface area (TPSA) is 29.6 Å². The van der Waals surface area contributed by atoms with Crippen molar-refractivity contribution in [2.75, 3.05) is 0 Å². The molecule has 2 aliphatic carbocycles. The molecule has 0 aromatic heterocycles. The van der Waals surface area contributed by atoms with Gasteiger partial charge in [-0.25, -0.2) is 0 Å². The summed E-state index contributed by atoms with van der Waals surface area (Å²) in [6.45, 7) is 0. The Labute approximate surface area is 65.9 Å². The first-order chi connectivity index (χ1) is 5.33. The molecule has 4 atom stereocenters. The van der Waals surface area contributed by atoms with Crippen LogP contribution in [0.15, 0.2) is 0 Å². The summed E-state index contributed by atoms with van der Waals surface area (Å²) in [4.78, 5) is 11.1. The number of fused-ring (bicyclic) bond motifs is 2. The largest absolute Gasteiger partial charge is 0.370 e. The maximum Gasteiger partial charge on any atom is 0.133 e. The van der Waals surface area contributed by atoms with E-state index in [-0.39, 0.29) is 0 Å². The van der Waals surface area contributed by atoms with Crippen molar-refractivity contribution in [1.82, 2.24) is 0 Å². The summed E-state index contributed by atoms with van der Waals surface area (Å²) in [6, 6.07) is 0. The van der Waals surface area contributed by atoms with Gasteiger partial charge in [0.05, 0.1) is 12.2 Å². The molecule has 0 spiro atoms. The van der Waals surface area contributed by atoms with Crippen LogP contribution in [-0.4, -0.2) is 18.0 Å². The number of Topliss-reactive ketones (excluding diaryl/α,β-unsaturated/α-hetero) is 1. The lowest BCUT2D eigenvalue weighted by molar-refractivity contribution is -0.117. The molecular formula is C9H12O2. The molecule has 1 heterocycles. The van der Waals surface area contributed by atoms with Crippen LogP contribution in [0.2, 0.25) is 0 Å². The SMILES string of the molecule is O=C1CC2CC3OC3CC2C1. The van der Waals surface area contributed by atoms with Crippen LogP contribution in [0.5, 0.6) is 0 Å². The summed E-state index contributed by atoms with van der Waals surface area (Å²) in [5.41, 5.74) is 0. The van der Waals surface area contributed by atoms with Gasteiger partial charge in [-0.1, -0.05) is 0 Å². The molecule has 3 fully saturated rings. The summed E-state index contributed by atoms with van der Waals surface area (Å²) >= 11 is 0. The van der Waals surface area contributed by atoms with Crippen LogP contribution in [0.3, 0.4) is 0 Å². The van der Waals surface area contributed by atoms with Crippen molar-refractivity contribution in [3.8, 4) is 0 Å². The summed E-state index contributed by atoms with van der Waals surface area (Å²) in [5.74, 6) is 1.86. The maximum absolute atomic E-state index is 11.1. The average Bonchev–Trinajstić information content (AvgIpc) is 2.57. The van der Waals surface area contributed by atoms with Gasteiger partial charge in [-0.05, 0) is 24.7 Å². The number of ketones is 1. The lowest BCUT2D eigenvalue weighted by Gasteiger charge is -2.20. The van der Waals surface area contributed by atoms with Crippen LogP contribution < -0.4 is 0 Å². The molecule has 0 radical (unpaired) electrons. The van der Waals surface area contributed by atoms with Crippen molar-refractivity contribution in [2.24, 2.45) is 11.8 Å². The first-order valence-electron chi connectivity index (χ1n) is 4.50. The van der Waals surface area contributed by atoms with Crippen molar-refractivity contribution < 1.29 is 9.53 Å². The fraction of sp³-hybridized carbons (Fsp3) is 0.889. The Morgan fingerprint density at radius 1 is 1.09 bits per heavy atom. The molecule has 1 saturated heterocycles. The van der Waals surface area contributed by atoms with Crippen molar-refractivity contribution in [3.05, 3.63) is 0 Å². The van der Waals surface area contributed by atoms with Crippen molar-refractivity contribution in [2.45, 2.75) is 37.9 Å². The van der Waals surface area contributed by atoms with Gasteiger partial charge in [0.15, 0.2) is 0 Å². The smallest absolute Gasteiger partial charge is 0.133 e. The second-order valence-electron chi connectivity index (χ2n) is 4.15. The molecule has 2 nitrogen and oxygen atoms in total. The van der Waals surface area contributed by atoms with Crippen LogP contribution >= 0.6 is 0 Å². The van der Waals surface area contributed by atoms with E-state index < -0.39 is 0 Å². The normalized spacial score (nSPS) is 53.6. The molecule has 3 rings (SSSR count). The van der Waals surface area contributed by atoms with E-state index in [1.165, 1.54) is 12.8 Å². The first kappa shape index (κ1) is 6.18. The predicted molar refractivity (Wildman–Crippen MR) is 39.1 cm³/mol. The number of epoxide rings is 1. The van der Waals surface area contributed by atoms with Gasteiger partial charge in [0, 0.05) is 12.8 Å². The minimum Gasteiger partial charge on any atom is -0.370 e. The van der Waals surface area contributed by atoms with E-state index in [0.29, 0.717) is 29.8 Å². The highest BCUT2D eigenvalue weighted by molar-refractivity contribution is 5.81. The fourth-order valence-corrected chi connectivity index (χ4v) is 2.74. The summed E-state index contributed by atoms with van der Waals surface area (Å²) in [5, 5.41) is 0. The minimum absolute atomic E-state index is 0.487. The molecule has 11 heavy (non-hydrogen) atoms. The third-order valence-corrected chi connectivity index (χ3v) is 3.40. The summed E-state index contributed by atoms with van der Waals surface area (Å²) in [7, 11) is 0. The van der Waals surface area contributed by atoms with Crippen molar-refractivity contribution in [3.63, 3.8) is 0 Å². The Balaban J connectivity index is 1.80. The van der Waals surface area contributed by atoms with Gasteiger partial charge in [-0.2, -0.15) is 0 Å². The number of carbonyl (C=O) groups excluding carboxylic acids is 1. The molecule has 60 valence electrons. The lowest BCUT2D eigenvalue weighted by Crippen LogP contribution is -2.19. The third-order valence-electron chi connectivity index (χ3n) is 3.40. The van der Waals surface area contributed by atoms with Gasteiger partial charge < -0.3 is 4.74 Å². The lowest BCUT2D eigenvalue weighted by atomic mass is 9.82. The number of carbonyl (C=O) groups is 1. The molecule has 0 N–H and O–H groups in total. The first-order valence-corrected chi connectivity index (χ1v) is 4.50. The molecular weight excluding hydrogens is 140 g/mol. The molecule has 0 bridgehead atoms. The van der Waals surface area contributed by atoms with E-state index in [1.54, 1.807) is 0 Å². The number of hydrogen-bond acceptors (Lipinski definition) is 2. The van der Waals surface area contributed by atoms with Gasteiger partial charge >= 0.3 is 0 Å². The molecule has 2 saturated carbocycles. The second kappa shape index (κ2) is 1.86. The average molecular weight is 152 g/mol. The predicted octanol–water partition coefficient (Wildman–Crippen LogP) is 1.14. The highest BCUT2D eigenvalue weighted by Gasteiger charge is 2.50. The fourth-order valence-electron chi connectivity index (χ4n) is 2.74.